The maximum Gasteiger partial charge on any atom is 0.165 e. The van der Waals surface area contributed by atoms with Gasteiger partial charge in [-0.05, 0) is 37.5 Å². The van der Waals surface area contributed by atoms with Crippen LogP contribution in [0.3, 0.4) is 0 Å². The van der Waals surface area contributed by atoms with Crippen molar-refractivity contribution in [1.29, 1.82) is 5.26 Å². The number of ether oxygens (including phenoxy) is 1. The summed E-state index contributed by atoms with van der Waals surface area (Å²) in [5, 5.41) is 8.35. The van der Waals surface area contributed by atoms with Crippen LogP contribution in [0, 0.1) is 17.1 Å². The van der Waals surface area contributed by atoms with Crippen molar-refractivity contribution in [1.82, 2.24) is 0 Å². The summed E-state index contributed by atoms with van der Waals surface area (Å²) in [6.07, 6.45) is 2.04. The molecule has 1 atom stereocenters. The highest BCUT2D eigenvalue weighted by Crippen LogP contribution is 2.21. The maximum atomic E-state index is 13.6. The molecule has 0 aromatic heterocycles. The average molecular weight is 236 g/mol. The molecule has 0 aliphatic heterocycles. The average Bonchev–Trinajstić information content (AvgIpc) is 2.30. The minimum Gasteiger partial charge on any atom is -0.491 e. The third-order valence-electron chi connectivity index (χ3n) is 2.42. The lowest BCUT2D eigenvalue weighted by Gasteiger charge is -2.10. The third-order valence-corrected chi connectivity index (χ3v) is 2.42. The number of halogens is 1. The highest BCUT2D eigenvalue weighted by Gasteiger charge is 2.06. The molecule has 2 N–H and O–H groups in total. The molecule has 0 saturated heterocycles. The molecule has 0 fully saturated rings. The molecule has 0 aliphatic rings. The molecular formula is C13H17FN2O. The Morgan fingerprint density at radius 3 is 2.82 bits per heavy atom. The lowest BCUT2D eigenvalue weighted by Crippen LogP contribution is -2.06. The lowest BCUT2D eigenvalue weighted by molar-refractivity contribution is 0.292. The second kappa shape index (κ2) is 6.87. The van der Waals surface area contributed by atoms with Crippen molar-refractivity contribution in [2.45, 2.75) is 32.2 Å². The van der Waals surface area contributed by atoms with Crippen molar-refractivity contribution in [3.05, 3.63) is 29.6 Å². The van der Waals surface area contributed by atoms with E-state index in [1.54, 1.807) is 19.1 Å². The topological polar surface area (TPSA) is 59.0 Å². The smallest absolute Gasteiger partial charge is 0.165 e. The van der Waals surface area contributed by atoms with Gasteiger partial charge in [0.15, 0.2) is 11.6 Å². The Kier molecular flexibility index (Phi) is 5.44. The van der Waals surface area contributed by atoms with E-state index in [0.717, 1.165) is 18.4 Å². The van der Waals surface area contributed by atoms with Gasteiger partial charge in [-0.1, -0.05) is 6.07 Å². The fourth-order valence-electron chi connectivity index (χ4n) is 1.41. The summed E-state index contributed by atoms with van der Waals surface area (Å²) in [6.45, 7) is 2.23. The SMILES string of the molecule is C[C@@H](N)c1ccc(OCCCCC#N)c(F)c1. The molecule has 0 amide bonds. The summed E-state index contributed by atoms with van der Waals surface area (Å²) in [7, 11) is 0. The lowest BCUT2D eigenvalue weighted by atomic mass is 10.1. The minimum absolute atomic E-state index is 0.186. The molecule has 3 nitrogen and oxygen atoms in total. The Morgan fingerprint density at radius 1 is 1.47 bits per heavy atom. The van der Waals surface area contributed by atoms with Crippen molar-refractivity contribution < 1.29 is 9.13 Å². The molecular weight excluding hydrogens is 219 g/mol. The number of benzene rings is 1. The van der Waals surface area contributed by atoms with Gasteiger partial charge < -0.3 is 10.5 Å². The predicted octanol–water partition coefficient (Wildman–Crippen LogP) is 2.92. The maximum absolute atomic E-state index is 13.6. The van der Waals surface area contributed by atoms with Crippen LogP contribution >= 0.6 is 0 Å². The first-order valence-corrected chi connectivity index (χ1v) is 5.70. The standard InChI is InChI=1S/C13H17FN2O/c1-10(16)11-5-6-13(12(14)9-11)17-8-4-2-3-7-15/h5-6,9-10H,2-4,8,16H2,1H3/t10-/m1/s1. The second-order valence-electron chi connectivity index (χ2n) is 3.94. The number of nitriles is 1. The highest BCUT2D eigenvalue weighted by atomic mass is 19.1. The van der Waals surface area contributed by atoms with Gasteiger partial charge in [0.05, 0.1) is 12.7 Å². The molecule has 92 valence electrons. The van der Waals surface area contributed by atoms with E-state index in [0.29, 0.717) is 13.0 Å². The Balaban J connectivity index is 2.47. The molecule has 0 spiro atoms. The minimum atomic E-state index is -0.389. The number of unbranched alkanes of at least 4 members (excludes halogenated alkanes) is 2. The number of rotatable bonds is 6. The van der Waals surface area contributed by atoms with Crippen molar-refractivity contribution in [3.8, 4) is 11.8 Å². The summed E-state index contributed by atoms with van der Waals surface area (Å²) in [6, 6.07) is 6.62. The van der Waals surface area contributed by atoms with E-state index in [1.165, 1.54) is 6.07 Å². The van der Waals surface area contributed by atoms with Crippen LogP contribution in [0.5, 0.6) is 5.75 Å². The van der Waals surface area contributed by atoms with Gasteiger partial charge in [-0.25, -0.2) is 4.39 Å². The molecule has 4 heteroatoms. The number of hydrogen-bond donors (Lipinski definition) is 1. The molecule has 17 heavy (non-hydrogen) atoms. The van der Waals surface area contributed by atoms with Crippen molar-refractivity contribution >= 4 is 0 Å². The Labute approximate surface area is 101 Å². The van der Waals surface area contributed by atoms with Crippen LogP contribution < -0.4 is 10.5 Å². The van der Waals surface area contributed by atoms with Gasteiger partial charge >= 0.3 is 0 Å². The van der Waals surface area contributed by atoms with Crippen LogP contribution in [0.15, 0.2) is 18.2 Å². The molecule has 0 unspecified atom stereocenters. The molecule has 1 aromatic carbocycles. The quantitative estimate of drug-likeness (QED) is 0.772. The monoisotopic (exact) mass is 236 g/mol. The van der Waals surface area contributed by atoms with Gasteiger partial charge in [0.2, 0.25) is 0 Å². The van der Waals surface area contributed by atoms with E-state index in [2.05, 4.69) is 6.07 Å². The number of nitrogens with two attached hydrogens (primary N) is 1. The van der Waals surface area contributed by atoms with E-state index < -0.39 is 0 Å². The van der Waals surface area contributed by atoms with E-state index in [-0.39, 0.29) is 17.6 Å². The van der Waals surface area contributed by atoms with Crippen LogP contribution in [0.2, 0.25) is 0 Å². The Hall–Kier alpha value is -1.60. The second-order valence-corrected chi connectivity index (χ2v) is 3.94. The molecule has 0 bridgehead atoms. The van der Waals surface area contributed by atoms with Gasteiger partial charge in [0, 0.05) is 12.5 Å². The molecule has 1 rings (SSSR count). The van der Waals surface area contributed by atoms with Gasteiger partial charge in [0.25, 0.3) is 0 Å². The number of hydrogen-bond acceptors (Lipinski definition) is 3. The Morgan fingerprint density at radius 2 is 2.24 bits per heavy atom. The van der Waals surface area contributed by atoms with E-state index in [4.69, 9.17) is 15.7 Å². The Bertz CT molecular complexity index is 399. The normalized spacial score (nSPS) is 11.9. The first-order chi connectivity index (χ1) is 8.15. The predicted molar refractivity (Wildman–Crippen MR) is 64.0 cm³/mol. The van der Waals surface area contributed by atoms with Crippen LogP contribution in [0.4, 0.5) is 4.39 Å². The molecule has 0 radical (unpaired) electrons. The van der Waals surface area contributed by atoms with Gasteiger partial charge in [-0.3, -0.25) is 0 Å². The zero-order chi connectivity index (χ0) is 12.7. The fraction of sp³-hybridized carbons (Fsp3) is 0.462. The molecule has 0 aliphatic carbocycles. The van der Waals surface area contributed by atoms with Crippen LogP contribution in [0.25, 0.3) is 0 Å². The van der Waals surface area contributed by atoms with Crippen LogP contribution in [-0.4, -0.2) is 6.61 Å². The van der Waals surface area contributed by atoms with Crippen molar-refractivity contribution in [2.24, 2.45) is 5.73 Å². The molecule has 0 heterocycles. The number of nitrogens with zero attached hydrogens (tertiary/aromatic N) is 1. The summed E-state index contributed by atoms with van der Waals surface area (Å²) in [5.41, 5.74) is 6.40. The molecule has 0 saturated carbocycles. The van der Waals surface area contributed by atoms with Crippen LogP contribution in [-0.2, 0) is 0 Å². The molecule has 1 aromatic rings. The third kappa shape index (κ3) is 4.41. The van der Waals surface area contributed by atoms with Gasteiger partial charge in [-0.15, -0.1) is 0 Å². The zero-order valence-electron chi connectivity index (χ0n) is 9.95. The van der Waals surface area contributed by atoms with E-state index in [1.807, 2.05) is 0 Å². The summed E-state index contributed by atoms with van der Waals surface area (Å²) in [4.78, 5) is 0. The zero-order valence-corrected chi connectivity index (χ0v) is 9.95. The van der Waals surface area contributed by atoms with Gasteiger partial charge in [0.1, 0.15) is 0 Å². The van der Waals surface area contributed by atoms with E-state index >= 15 is 0 Å². The van der Waals surface area contributed by atoms with Crippen LogP contribution in [0.1, 0.15) is 37.8 Å². The largest absolute Gasteiger partial charge is 0.491 e. The summed E-state index contributed by atoms with van der Waals surface area (Å²) >= 11 is 0. The van der Waals surface area contributed by atoms with Gasteiger partial charge in [-0.2, -0.15) is 5.26 Å². The van der Waals surface area contributed by atoms with Crippen molar-refractivity contribution in [3.63, 3.8) is 0 Å². The summed E-state index contributed by atoms with van der Waals surface area (Å²) in [5.74, 6) is -0.147. The van der Waals surface area contributed by atoms with Crippen molar-refractivity contribution in [2.75, 3.05) is 6.61 Å². The van der Waals surface area contributed by atoms with E-state index in [9.17, 15) is 4.39 Å². The first-order valence-electron chi connectivity index (χ1n) is 5.70. The first kappa shape index (κ1) is 13.5. The summed E-state index contributed by atoms with van der Waals surface area (Å²) < 4.78 is 18.8. The highest BCUT2D eigenvalue weighted by molar-refractivity contribution is 5.30. The fourth-order valence-corrected chi connectivity index (χ4v) is 1.41.